The number of piperidine rings is 1. The van der Waals surface area contributed by atoms with E-state index >= 15 is 0 Å². The van der Waals surface area contributed by atoms with Crippen molar-refractivity contribution in [2.75, 3.05) is 13.7 Å². The Bertz CT molecular complexity index is 2190. The van der Waals surface area contributed by atoms with Crippen LogP contribution in [0, 0.1) is 17.8 Å². The molecule has 5 atom stereocenters. The molecule has 3 N–H and O–H groups in total. The molecule has 1 saturated carbocycles. The highest BCUT2D eigenvalue weighted by Crippen LogP contribution is 2.50. The number of amides is 3. The molecule has 5 aromatic rings. The number of ether oxygens (including phenoxy) is 1. The summed E-state index contributed by atoms with van der Waals surface area (Å²) in [7, 11) is 1.32. The van der Waals surface area contributed by atoms with Crippen molar-refractivity contribution in [2.24, 2.45) is 17.8 Å². The van der Waals surface area contributed by atoms with Gasteiger partial charge >= 0.3 is 6.09 Å². The van der Waals surface area contributed by atoms with Crippen molar-refractivity contribution >= 4 is 39.7 Å². The SMILES string of the molecule is COC(=O)N[C@H](C(=O)N1[C@@H]2CC[C@@H](C2)[C@H]1c1nc2ccc(-c3ccc4cc(-c5cnc([C@@H]6CCCN6C(=O)CC(C)C)[nH]5)ccc4c3)cc2[nH]1)C(C)C. The molecule has 11 nitrogen and oxygen atoms in total. The van der Waals surface area contributed by atoms with E-state index in [0.29, 0.717) is 18.3 Å². The molecular weight excluding hydrogens is 667 g/mol. The maximum Gasteiger partial charge on any atom is 0.407 e. The van der Waals surface area contributed by atoms with Crippen LogP contribution < -0.4 is 5.32 Å². The van der Waals surface area contributed by atoms with Crippen molar-refractivity contribution in [1.29, 1.82) is 0 Å². The minimum absolute atomic E-state index is 0.00332. The molecule has 8 rings (SSSR count). The molecule has 53 heavy (non-hydrogen) atoms. The van der Waals surface area contributed by atoms with E-state index in [1.165, 1.54) is 7.11 Å². The first kappa shape index (κ1) is 34.9. The number of benzene rings is 3. The van der Waals surface area contributed by atoms with Crippen LogP contribution in [0.15, 0.2) is 60.8 Å². The number of carbonyl (C=O) groups is 3. The quantitative estimate of drug-likeness (QED) is 0.142. The second-order valence-electron chi connectivity index (χ2n) is 15.9. The lowest BCUT2D eigenvalue weighted by Gasteiger charge is -2.37. The fraction of sp³-hybridized carbons (Fsp3) is 0.452. The van der Waals surface area contributed by atoms with Crippen LogP contribution in [0.4, 0.5) is 4.79 Å². The standard InChI is InChI=1S/C42H49N7O4/c1-23(2)17-36(50)48-16-6-7-35(48)39-43-22-34(46-39)29-11-10-25-18-26(8-9-27(25)19-29)28-13-15-32-33(21-28)45-40(44-32)38-30-12-14-31(20-30)49(38)41(51)37(24(3)4)47-42(52)53-5/h8-11,13,15,18-19,21-24,30-31,35,37-38H,6-7,12,14,16-17,20H2,1-5H3,(H,43,46)(H,44,45)(H,47,52)/t30-,31+,35-,37-,38-/m0/s1. The molecule has 11 heteroatoms. The Labute approximate surface area is 309 Å². The van der Waals surface area contributed by atoms with E-state index in [9.17, 15) is 14.4 Å². The van der Waals surface area contributed by atoms with Crippen LogP contribution in [0.3, 0.4) is 0 Å². The number of imidazole rings is 2. The Balaban J connectivity index is 1.02. The summed E-state index contributed by atoms with van der Waals surface area (Å²) in [5.41, 5.74) is 5.98. The van der Waals surface area contributed by atoms with Crippen molar-refractivity contribution in [1.82, 2.24) is 35.1 Å². The molecule has 0 unspecified atom stereocenters. The maximum atomic E-state index is 14.0. The van der Waals surface area contributed by atoms with E-state index < -0.39 is 12.1 Å². The first-order valence-corrected chi connectivity index (χ1v) is 19.1. The van der Waals surface area contributed by atoms with E-state index in [0.717, 1.165) is 94.5 Å². The zero-order valence-electron chi connectivity index (χ0n) is 31.2. The number of rotatable bonds is 9. The van der Waals surface area contributed by atoms with Gasteiger partial charge in [0, 0.05) is 24.6 Å². The average Bonchev–Trinajstić information content (AvgIpc) is 3.99. The van der Waals surface area contributed by atoms with Crippen molar-refractivity contribution < 1.29 is 19.1 Å². The number of hydrogen-bond acceptors (Lipinski definition) is 6. The Morgan fingerprint density at radius 1 is 0.906 bits per heavy atom. The number of alkyl carbamates (subject to hydrolysis) is 1. The predicted octanol–water partition coefficient (Wildman–Crippen LogP) is 7.92. The van der Waals surface area contributed by atoms with E-state index in [2.05, 4.69) is 77.7 Å². The molecule has 2 aromatic heterocycles. The third kappa shape index (κ3) is 6.55. The minimum atomic E-state index is -0.671. The van der Waals surface area contributed by atoms with Crippen molar-refractivity contribution in [3.8, 4) is 22.4 Å². The van der Waals surface area contributed by atoms with Crippen LogP contribution in [-0.2, 0) is 14.3 Å². The van der Waals surface area contributed by atoms with Gasteiger partial charge < -0.3 is 29.8 Å². The fourth-order valence-electron chi connectivity index (χ4n) is 8.93. The lowest BCUT2D eigenvalue weighted by Crippen LogP contribution is -2.54. The number of carbonyl (C=O) groups excluding carboxylic acids is 3. The number of aromatic nitrogens is 4. The first-order valence-electron chi connectivity index (χ1n) is 19.1. The predicted molar refractivity (Wildman–Crippen MR) is 205 cm³/mol. The Kier molecular flexibility index (Phi) is 9.20. The number of likely N-dealkylation sites (tertiary alicyclic amines) is 2. The summed E-state index contributed by atoms with van der Waals surface area (Å²) in [4.78, 5) is 59.8. The van der Waals surface area contributed by atoms with Gasteiger partial charge in [0.15, 0.2) is 0 Å². The van der Waals surface area contributed by atoms with Gasteiger partial charge in [0.2, 0.25) is 11.8 Å². The minimum Gasteiger partial charge on any atom is -0.453 e. The van der Waals surface area contributed by atoms with Crippen LogP contribution in [0.2, 0.25) is 0 Å². The normalized spacial score (nSPS) is 21.7. The van der Waals surface area contributed by atoms with Crippen molar-refractivity contribution in [2.45, 2.75) is 90.4 Å². The second-order valence-corrected chi connectivity index (χ2v) is 15.9. The maximum absolute atomic E-state index is 14.0. The van der Waals surface area contributed by atoms with Gasteiger partial charge in [-0.2, -0.15) is 0 Å². The molecule has 3 aliphatic rings. The van der Waals surface area contributed by atoms with Gasteiger partial charge in [0.05, 0.1) is 42.1 Å². The molecule has 0 radical (unpaired) electrons. The summed E-state index contributed by atoms with van der Waals surface area (Å²) in [6.45, 7) is 8.84. The van der Waals surface area contributed by atoms with Crippen LogP contribution in [-0.4, -0.2) is 73.4 Å². The number of hydrogen-bond donors (Lipinski definition) is 3. The molecule has 3 amide bonds. The average molecular weight is 716 g/mol. The van der Waals surface area contributed by atoms with E-state index in [1.807, 2.05) is 35.9 Å². The third-order valence-electron chi connectivity index (χ3n) is 11.6. The third-order valence-corrected chi connectivity index (χ3v) is 11.6. The smallest absolute Gasteiger partial charge is 0.407 e. The Morgan fingerprint density at radius 3 is 2.40 bits per heavy atom. The lowest BCUT2D eigenvalue weighted by molar-refractivity contribution is -0.139. The molecular formula is C42H49N7O4. The van der Waals surface area contributed by atoms with Crippen LogP contribution >= 0.6 is 0 Å². The van der Waals surface area contributed by atoms with E-state index in [1.54, 1.807) is 0 Å². The Morgan fingerprint density at radius 2 is 1.64 bits per heavy atom. The van der Waals surface area contributed by atoms with Crippen molar-refractivity contribution in [3.63, 3.8) is 0 Å². The fourth-order valence-corrected chi connectivity index (χ4v) is 8.93. The molecule has 3 aromatic carbocycles. The van der Waals surface area contributed by atoms with Gasteiger partial charge in [-0.15, -0.1) is 0 Å². The number of H-pyrrole nitrogens is 2. The highest BCUT2D eigenvalue weighted by Gasteiger charge is 2.51. The summed E-state index contributed by atoms with van der Waals surface area (Å²) in [6, 6.07) is 18.6. The molecule has 1 aliphatic carbocycles. The van der Waals surface area contributed by atoms with Gasteiger partial charge in [0.25, 0.3) is 0 Å². The Hall–Kier alpha value is -5.19. The monoisotopic (exact) mass is 715 g/mol. The van der Waals surface area contributed by atoms with Gasteiger partial charge in [0.1, 0.15) is 17.7 Å². The topological polar surface area (TPSA) is 136 Å². The summed E-state index contributed by atoms with van der Waals surface area (Å²) in [5.74, 6) is 2.35. The van der Waals surface area contributed by atoms with Crippen LogP contribution in [0.25, 0.3) is 44.2 Å². The molecule has 2 saturated heterocycles. The number of nitrogens with one attached hydrogen (secondary N) is 3. The number of fused-ring (bicyclic) bond motifs is 4. The largest absolute Gasteiger partial charge is 0.453 e. The molecule has 2 aliphatic heterocycles. The van der Waals surface area contributed by atoms with Crippen LogP contribution in [0.1, 0.15) is 90.0 Å². The van der Waals surface area contributed by atoms with E-state index in [-0.39, 0.29) is 35.9 Å². The molecule has 276 valence electrons. The van der Waals surface area contributed by atoms with Gasteiger partial charge in [-0.25, -0.2) is 14.8 Å². The van der Waals surface area contributed by atoms with Gasteiger partial charge in [-0.3, -0.25) is 9.59 Å². The summed E-state index contributed by atoms with van der Waals surface area (Å²) < 4.78 is 4.83. The lowest BCUT2D eigenvalue weighted by atomic mass is 9.95. The van der Waals surface area contributed by atoms with Gasteiger partial charge in [-0.1, -0.05) is 58.0 Å². The van der Waals surface area contributed by atoms with Crippen molar-refractivity contribution in [3.05, 3.63) is 72.4 Å². The molecule has 0 spiro atoms. The zero-order chi connectivity index (χ0) is 37.0. The van der Waals surface area contributed by atoms with Crippen LogP contribution in [0.5, 0.6) is 0 Å². The summed E-state index contributed by atoms with van der Waals surface area (Å²) >= 11 is 0. The highest BCUT2D eigenvalue weighted by atomic mass is 16.5. The molecule has 3 fully saturated rings. The first-order chi connectivity index (χ1) is 25.6. The summed E-state index contributed by atoms with van der Waals surface area (Å²) in [5, 5.41) is 5.03. The molecule has 4 heterocycles. The van der Waals surface area contributed by atoms with E-state index in [4.69, 9.17) is 14.7 Å². The summed E-state index contributed by atoms with van der Waals surface area (Å²) in [6.07, 6.45) is 6.73. The zero-order valence-corrected chi connectivity index (χ0v) is 31.2. The number of nitrogens with zero attached hydrogens (tertiary/aromatic N) is 4. The van der Waals surface area contributed by atoms with Gasteiger partial charge in [-0.05, 0) is 96.0 Å². The number of aromatic amines is 2. The number of methoxy groups -OCH3 is 1. The molecule has 2 bridgehead atoms. The highest BCUT2D eigenvalue weighted by molar-refractivity contribution is 5.92. The second kappa shape index (κ2) is 14.0.